The van der Waals surface area contributed by atoms with Gasteiger partial charge in [0.1, 0.15) is 0 Å². The maximum Gasteiger partial charge on any atom is 0.0948 e. The second kappa shape index (κ2) is 5.10. The summed E-state index contributed by atoms with van der Waals surface area (Å²) in [4.78, 5) is 5.80. The number of nitrogens with one attached hydrogen (secondary N) is 1. The van der Waals surface area contributed by atoms with Gasteiger partial charge in [0.15, 0.2) is 0 Å². The number of hydrogen-bond acceptors (Lipinski definition) is 3. The minimum Gasteiger partial charge on any atom is -0.332 e. The molecule has 1 aliphatic rings. The minimum atomic E-state index is 0.155. The van der Waals surface area contributed by atoms with Gasteiger partial charge in [-0.05, 0) is 30.8 Å². The summed E-state index contributed by atoms with van der Waals surface area (Å²) >= 11 is 1.84. The first-order valence-corrected chi connectivity index (χ1v) is 7.82. The van der Waals surface area contributed by atoms with E-state index in [0.29, 0.717) is 6.04 Å². The van der Waals surface area contributed by atoms with Crippen LogP contribution in [0.3, 0.4) is 0 Å². The Morgan fingerprint density at radius 1 is 1.53 bits per heavy atom. The van der Waals surface area contributed by atoms with Crippen LogP contribution in [-0.2, 0) is 12.0 Å². The summed E-state index contributed by atoms with van der Waals surface area (Å²) in [6.07, 6.45) is 6.49. The molecule has 2 aromatic rings. The maximum absolute atomic E-state index is 4.36. The lowest BCUT2D eigenvalue weighted by molar-refractivity contribution is 0.422. The van der Waals surface area contributed by atoms with Crippen LogP contribution in [0.4, 0.5) is 0 Å². The highest BCUT2D eigenvalue weighted by molar-refractivity contribution is 7.10. The van der Waals surface area contributed by atoms with Crippen LogP contribution in [-0.4, -0.2) is 16.1 Å². The predicted molar refractivity (Wildman–Crippen MR) is 79.5 cm³/mol. The van der Waals surface area contributed by atoms with Gasteiger partial charge in [-0.15, -0.1) is 11.3 Å². The van der Waals surface area contributed by atoms with Gasteiger partial charge >= 0.3 is 0 Å². The SMILES string of the molecule is CC(C)(Cn1cncc1C1CCCN1)c1cccs1. The Labute approximate surface area is 118 Å². The topological polar surface area (TPSA) is 29.9 Å². The zero-order valence-corrected chi connectivity index (χ0v) is 12.4. The molecular formula is C15H21N3S. The van der Waals surface area contributed by atoms with Gasteiger partial charge < -0.3 is 9.88 Å². The van der Waals surface area contributed by atoms with Crippen LogP contribution >= 0.6 is 11.3 Å². The monoisotopic (exact) mass is 275 g/mol. The van der Waals surface area contributed by atoms with Crippen molar-refractivity contribution < 1.29 is 0 Å². The molecular weight excluding hydrogens is 254 g/mol. The standard InChI is InChI=1S/C15H21N3S/c1-15(2,14-6-4-8-19-14)10-18-11-16-9-13(18)12-5-3-7-17-12/h4,6,8-9,11-12,17H,3,5,7,10H2,1-2H3. The van der Waals surface area contributed by atoms with Gasteiger partial charge in [-0.2, -0.15) is 0 Å². The molecule has 19 heavy (non-hydrogen) atoms. The average molecular weight is 275 g/mol. The average Bonchev–Trinajstić information content (AvgIpc) is 3.11. The summed E-state index contributed by atoms with van der Waals surface area (Å²) in [6, 6.07) is 4.85. The largest absolute Gasteiger partial charge is 0.332 e. The number of hydrogen-bond donors (Lipinski definition) is 1. The molecule has 102 valence electrons. The fourth-order valence-electron chi connectivity index (χ4n) is 2.86. The van der Waals surface area contributed by atoms with Gasteiger partial charge in [0.05, 0.1) is 12.0 Å². The van der Waals surface area contributed by atoms with Crippen LogP contribution in [0.2, 0.25) is 0 Å². The Balaban J connectivity index is 1.82. The zero-order chi connectivity index (χ0) is 13.3. The molecule has 0 bridgehead atoms. The van der Waals surface area contributed by atoms with E-state index in [-0.39, 0.29) is 5.41 Å². The van der Waals surface area contributed by atoms with Gasteiger partial charge in [-0.25, -0.2) is 4.98 Å². The molecule has 2 aromatic heterocycles. The summed E-state index contributed by atoms with van der Waals surface area (Å²) in [5.74, 6) is 0. The normalized spacial score (nSPS) is 20.0. The van der Waals surface area contributed by atoms with Crippen molar-refractivity contribution in [2.45, 2.75) is 44.7 Å². The molecule has 0 radical (unpaired) electrons. The lowest BCUT2D eigenvalue weighted by Gasteiger charge is -2.26. The highest BCUT2D eigenvalue weighted by Crippen LogP contribution is 2.31. The van der Waals surface area contributed by atoms with E-state index < -0.39 is 0 Å². The Morgan fingerprint density at radius 3 is 3.11 bits per heavy atom. The smallest absolute Gasteiger partial charge is 0.0948 e. The highest BCUT2D eigenvalue weighted by atomic mass is 32.1. The molecule has 3 rings (SSSR count). The Bertz CT molecular complexity index is 521. The first kappa shape index (κ1) is 12.9. The number of aromatic nitrogens is 2. The van der Waals surface area contributed by atoms with Crippen LogP contribution < -0.4 is 5.32 Å². The lowest BCUT2D eigenvalue weighted by atomic mass is 9.91. The molecule has 0 saturated carbocycles. The molecule has 0 aliphatic carbocycles. The number of imidazole rings is 1. The minimum absolute atomic E-state index is 0.155. The first-order valence-electron chi connectivity index (χ1n) is 6.94. The molecule has 1 N–H and O–H groups in total. The van der Waals surface area contributed by atoms with Crippen molar-refractivity contribution >= 4 is 11.3 Å². The van der Waals surface area contributed by atoms with E-state index >= 15 is 0 Å². The van der Waals surface area contributed by atoms with Gasteiger partial charge in [0, 0.05) is 29.1 Å². The van der Waals surface area contributed by atoms with Crippen molar-refractivity contribution in [2.24, 2.45) is 0 Å². The fraction of sp³-hybridized carbons (Fsp3) is 0.533. The van der Waals surface area contributed by atoms with Crippen molar-refractivity contribution in [2.75, 3.05) is 6.54 Å². The quantitative estimate of drug-likeness (QED) is 0.927. The van der Waals surface area contributed by atoms with E-state index in [9.17, 15) is 0 Å². The second-order valence-electron chi connectivity index (χ2n) is 5.96. The summed E-state index contributed by atoms with van der Waals surface area (Å²) in [5, 5.41) is 5.72. The molecule has 1 saturated heterocycles. The molecule has 3 nitrogen and oxygen atoms in total. The van der Waals surface area contributed by atoms with Gasteiger partial charge in [0.25, 0.3) is 0 Å². The van der Waals surface area contributed by atoms with Crippen LogP contribution in [0.5, 0.6) is 0 Å². The van der Waals surface area contributed by atoms with Gasteiger partial charge in [0.2, 0.25) is 0 Å². The number of rotatable bonds is 4. The summed E-state index contributed by atoms with van der Waals surface area (Å²) in [5.41, 5.74) is 1.49. The van der Waals surface area contributed by atoms with Gasteiger partial charge in [-0.1, -0.05) is 19.9 Å². The summed E-state index contributed by atoms with van der Waals surface area (Å²) < 4.78 is 2.32. The third-order valence-electron chi connectivity index (χ3n) is 3.92. The second-order valence-corrected chi connectivity index (χ2v) is 6.90. The molecule has 1 fully saturated rings. The van der Waals surface area contributed by atoms with Crippen LogP contribution in [0.1, 0.15) is 43.3 Å². The van der Waals surface area contributed by atoms with Crippen molar-refractivity contribution in [1.82, 2.24) is 14.9 Å². The Morgan fingerprint density at radius 2 is 2.42 bits per heavy atom. The molecule has 3 heterocycles. The molecule has 4 heteroatoms. The third kappa shape index (κ3) is 2.60. The summed E-state index contributed by atoms with van der Waals surface area (Å²) in [6.45, 7) is 6.74. The fourth-order valence-corrected chi connectivity index (χ4v) is 3.70. The molecule has 0 amide bonds. The molecule has 0 aromatic carbocycles. The number of nitrogens with zero attached hydrogens (tertiary/aromatic N) is 2. The van der Waals surface area contributed by atoms with Crippen LogP contribution in [0, 0.1) is 0 Å². The highest BCUT2D eigenvalue weighted by Gasteiger charge is 2.26. The first-order chi connectivity index (χ1) is 9.17. The van der Waals surface area contributed by atoms with E-state index in [1.807, 2.05) is 23.9 Å². The van der Waals surface area contributed by atoms with E-state index in [4.69, 9.17) is 0 Å². The van der Waals surface area contributed by atoms with E-state index in [0.717, 1.165) is 13.1 Å². The Kier molecular flexibility index (Phi) is 3.46. The van der Waals surface area contributed by atoms with E-state index in [2.05, 4.69) is 46.2 Å². The molecule has 1 unspecified atom stereocenters. The lowest BCUT2D eigenvalue weighted by Crippen LogP contribution is -2.26. The van der Waals surface area contributed by atoms with Crippen LogP contribution in [0.25, 0.3) is 0 Å². The van der Waals surface area contributed by atoms with E-state index in [1.165, 1.54) is 23.4 Å². The maximum atomic E-state index is 4.36. The van der Waals surface area contributed by atoms with Crippen molar-refractivity contribution in [3.05, 3.63) is 40.6 Å². The Hall–Kier alpha value is -1.13. The molecule has 1 atom stereocenters. The van der Waals surface area contributed by atoms with Crippen LogP contribution in [0.15, 0.2) is 30.0 Å². The van der Waals surface area contributed by atoms with E-state index in [1.54, 1.807) is 0 Å². The van der Waals surface area contributed by atoms with Crippen molar-refractivity contribution in [1.29, 1.82) is 0 Å². The third-order valence-corrected chi connectivity index (χ3v) is 5.15. The molecule has 0 spiro atoms. The number of thiophene rings is 1. The molecule has 1 aliphatic heterocycles. The van der Waals surface area contributed by atoms with Crippen molar-refractivity contribution in [3.8, 4) is 0 Å². The summed E-state index contributed by atoms with van der Waals surface area (Å²) in [7, 11) is 0. The predicted octanol–water partition coefficient (Wildman–Crippen LogP) is 3.35. The van der Waals surface area contributed by atoms with Gasteiger partial charge in [-0.3, -0.25) is 0 Å². The van der Waals surface area contributed by atoms with Crippen molar-refractivity contribution in [3.63, 3.8) is 0 Å². The zero-order valence-electron chi connectivity index (χ0n) is 11.6.